The number of rotatable bonds is 11. The SMILES string of the molecule is COC(=O)C(N)CCOCCOc1ccc(OCc2ccccc2)cc1. The van der Waals surface area contributed by atoms with E-state index in [0.717, 1.165) is 17.1 Å². The molecule has 2 N–H and O–H groups in total. The molecule has 0 aliphatic heterocycles. The predicted molar refractivity (Wildman–Crippen MR) is 98.1 cm³/mol. The summed E-state index contributed by atoms with van der Waals surface area (Å²) in [6, 6.07) is 16.8. The van der Waals surface area contributed by atoms with Gasteiger partial charge in [0.05, 0.1) is 13.7 Å². The number of esters is 1. The number of hydrogen-bond donors (Lipinski definition) is 1. The molecule has 6 heteroatoms. The summed E-state index contributed by atoms with van der Waals surface area (Å²) in [4.78, 5) is 11.1. The van der Waals surface area contributed by atoms with E-state index in [4.69, 9.17) is 19.9 Å². The van der Waals surface area contributed by atoms with Crippen molar-refractivity contribution in [1.29, 1.82) is 0 Å². The lowest BCUT2D eigenvalue weighted by Crippen LogP contribution is -2.32. The summed E-state index contributed by atoms with van der Waals surface area (Å²) in [7, 11) is 1.31. The van der Waals surface area contributed by atoms with Crippen LogP contribution in [0.5, 0.6) is 11.5 Å². The van der Waals surface area contributed by atoms with Gasteiger partial charge in [-0.25, -0.2) is 0 Å². The normalized spacial score (nSPS) is 11.6. The third-order valence-corrected chi connectivity index (χ3v) is 3.65. The van der Waals surface area contributed by atoms with Gasteiger partial charge in [-0.1, -0.05) is 30.3 Å². The van der Waals surface area contributed by atoms with Crippen molar-refractivity contribution in [3.8, 4) is 11.5 Å². The van der Waals surface area contributed by atoms with E-state index in [1.165, 1.54) is 7.11 Å². The number of carbonyl (C=O) groups is 1. The molecule has 2 aromatic rings. The second-order valence-corrected chi connectivity index (χ2v) is 5.62. The van der Waals surface area contributed by atoms with Crippen molar-refractivity contribution >= 4 is 5.97 Å². The molecule has 0 bridgehead atoms. The van der Waals surface area contributed by atoms with Crippen LogP contribution in [-0.2, 0) is 20.9 Å². The number of carbonyl (C=O) groups excluding carboxylic acids is 1. The van der Waals surface area contributed by atoms with Gasteiger partial charge in [0.25, 0.3) is 0 Å². The summed E-state index contributed by atoms with van der Waals surface area (Å²) in [5.74, 6) is 1.10. The maximum atomic E-state index is 11.1. The van der Waals surface area contributed by atoms with E-state index < -0.39 is 12.0 Å². The Hall–Kier alpha value is -2.57. The van der Waals surface area contributed by atoms with E-state index in [9.17, 15) is 4.79 Å². The van der Waals surface area contributed by atoms with Crippen LogP contribution in [0.25, 0.3) is 0 Å². The van der Waals surface area contributed by atoms with Crippen molar-refractivity contribution in [3.63, 3.8) is 0 Å². The number of ether oxygens (including phenoxy) is 4. The molecule has 0 radical (unpaired) electrons. The van der Waals surface area contributed by atoms with Crippen LogP contribution >= 0.6 is 0 Å². The first-order valence-electron chi connectivity index (χ1n) is 8.50. The molecular weight excluding hydrogens is 334 g/mol. The predicted octanol–water partition coefficient (Wildman–Crippen LogP) is 2.55. The van der Waals surface area contributed by atoms with Crippen LogP contribution in [0.4, 0.5) is 0 Å². The van der Waals surface area contributed by atoms with Gasteiger partial charge < -0.3 is 24.7 Å². The highest BCUT2D eigenvalue weighted by molar-refractivity contribution is 5.75. The highest BCUT2D eigenvalue weighted by atomic mass is 16.5. The Kier molecular flexibility index (Phi) is 8.45. The lowest BCUT2D eigenvalue weighted by molar-refractivity contribution is -0.142. The minimum Gasteiger partial charge on any atom is -0.491 e. The molecule has 1 unspecified atom stereocenters. The van der Waals surface area contributed by atoms with E-state index in [1.54, 1.807) is 0 Å². The largest absolute Gasteiger partial charge is 0.491 e. The van der Waals surface area contributed by atoms with Gasteiger partial charge in [-0.15, -0.1) is 0 Å². The van der Waals surface area contributed by atoms with Crippen LogP contribution in [0.3, 0.4) is 0 Å². The second-order valence-electron chi connectivity index (χ2n) is 5.62. The van der Waals surface area contributed by atoms with Gasteiger partial charge in [0.1, 0.15) is 30.8 Å². The Morgan fingerprint density at radius 1 is 0.923 bits per heavy atom. The van der Waals surface area contributed by atoms with Crippen LogP contribution in [-0.4, -0.2) is 38.9 Å². The van der Waals surface area contributed by atoms with E-state index in [2.05, 4.69) is 4.74 Å². The lowest BCUT2D eigenvalue weighted by atomic mass is 10.2. The van der Waals surface area contributed by atoms with Crippen LogP contribution in [0.1, 0.15) is 12.0 Å². The smallest absolute Gasteiger partial charge is 0.322 e. The zero-order valence-electron chi connectivity index (χ0n) is 14.9. The van der Waals surface area contributed by atoms with Crippen molar-refractivity contribution in [2.75, 3.05) is 26.9 Å². The van der Waals surface area contributed by atoms with Crippen LogP contribution in [0.15, 0.2) is 54.6 Å². The summed E-state index contributed by atoms with van der Waals surface area (Å²) in [6.45, 7) is 1.74. The van der Waals surface area contributed by atoms with Gasteiger partial charge in [0, 0.05) is 6.61 Å². The Morgan fingerprint density at radius 2 is 1.58 bits per heavy atom. The van der Waals surface area contributed by atoms with Gasteiger partial charge in [0.15, 0.2) is 0 Å². The third kappa shape index (κ3) is 7.13. The summed E-state index contributed by atoms with van der Waals surface area (Å²) >= 11 is 0. The first-order chi connectivity index (χ1) is 12.7. The molecule has 1 atom stereocenters. The Morgan fingerprint density at radius 3 is 2.23 bits per heavy atom. The highest BCUT2D eigenvalue weighted by Gasteiger charge is 2.12. The summed E-state index contributed by atoms with van der Waals surface area (Å²) in [5, 5.41) is 0. The van der Waals surface area contributed by atoms with Crippen LogP contribution in [0.2, 0.25) is 0 Å². The maximum absolute atomic E-state index is 11.1. The fourth-order valence-electron chi connectivity index (χ4n) is 2.17. The average Bonchev–Trinajstić information content (AvgIpc) is 2.69. The van der Waals surface area contributed by atoms with Gasteiger partial charge in [-0.2, -0.15) is 0 Å². The fourth-order valence-corrected chi connectivity index (χ4v) is 2.17. The second kappa shape index (κ2) is 11.1. The fraction of sp³-hybridized carbons (Fsp3) is 0.350. The molecule has 0 aliphatic rings. The van der Waals surface area contributed by atoms with Crippen molar-refractivity contribution < 1.29 is 23.7 Å². The zero-order valence-corrected chi connectivity index (χ0v) is 14.9. The van der Waals surface area contributed by atoms with Gasteiger partial charge >= 0.3 is 5.97 Å². The van der Waals surface area contributed by atoms with Gasteiger partial charge in [-0.3, -0.25) is 4.79 Å². The van der Waals surface area contributed by atoms with E-state index in [0.29, 0.717) is 32.8 Å². The minimum absolute atomic E-state index is 0.381. The highest BCUT2D eigenvalue weighted by Crippen LogP contribution is 2.18. The molecule has 0 fully saturated rings. The topological polar surface area (TPSA) is 80.0 Å². The van der Waals surface area contributed by atoms with Crippen molar-refractivity contribution in [1.82, 2.24) is 0 Å². The minimum atomic E-state index is -0.649. The lowest BCUT2D eigenvalue weighted by Gasteiger charge is -2.11. The molecule has 26 heavy (non-hydrogen) atoms. The van der Waals surface area contributed by atoms with Crippen LogP contribution in [0, 0.1) is 0 Å². The molecule has 0 aromatic heterocycles. The Bertz CT molecular complexity index is 645. The quantitative estimate of drug-likeness (QED) is 0.491. The average molecular weight is 359 g/mol. The first kappa shape index (κ1) is 19.8. The maximum Gasteiger partial charge on any atom is 0.322 e. The van der Waals surface area contributed by atoms with E-state index >= 15 is 0 Å². The third-order valence-electron chi connectivity index (χ3n) is 3.65. The monoisotopic (exact) mass is 359 g/mol. The molecule has 0 saturated heterocycles. The standard InChI is InChI=1S/C20H25NO5/c1-23-20(22)19(21)11-12-24-13-14-25-17-7-9-18(10-8-17)26-15-16-5-3-2-4-6-16/h2-10,19H,11-15,21H2,1H3. The molecular formula is C20H25NO5. The first-order valence-corrected chi connectivity index (χ1v) is 8.50. The summed E-state index contributed by atoms with van der Waals surface area (Å²) < 4.78 is 21.3. The van der Waals surface area contributed by atoms with Gasteiger partial charge in [-0.05, 0) is 36.2 Å². The number of nitrogens with two attached hydrogens (primary N) is 1. The summed E-state index contributed by atoms with van der Waals surface area (Å²) in [5.41, 5.74) is 6.73. The molecule has 0 amide bonds. The summed E-state index contributed by atoms with van der Waals surface area (Å²) in [6.07, 6.45) is 0.417. The molecule has 6 nitrogen and oxygen atoms in total. The molecule has 2 aromatic carbocycles. The Labute approximate surface area is 153 Å². The van der Waals surface area contributed by atoms with Crippen molar-refractivity contribution in [3.05, 3.63) is 60.2 Å². The Balaban J connectivity index is 1.59. The molecule has 0 spiro atoms. The van der Waals surface area contributed by atoms with Crippen LogP contribution < -0.4 is 15.2 Å². The molecule has 0 heterocycles. The van der Waals surface area contributed by atoms with Crippen molar-refractivity contribution in [2.24, 2.45) is 5.73 Å². The van der Waals surface area contributed by atoms with Crippen molar-refractivity contribution in [2.45, 2.75) is 19.1 Å². The van der Waals surface area contributed by atoms with Gasteiger partial charge in [0.2, 0.25) is 0 Å². The molecule has 2 rings (SSSR count). The number of hydrogen-bond acceptors (Lipinski definition) is 6. The molecule has 0 aliphatic carbocycles. The zero-order chi connectivity index (χ0) is 18.6. The van der Waals surface area contributed by atoms with E-state index in [1.807, 2.05) is 54.6 Å². The number of methoxy groups -OCH3 is 1. The molecule has 0 saturated carbocycles. The van der Waals surface area contributed by atoms with E-state index in [-0.39, 0.29) is 0 Å². The number of benzene rings is 2. The molecule has 140 valence electrons.